The zero-order valence-electron chi connectivity index (χ0n) is 22.0. The second kappa shape index (κ2) is 24.1. The van der Waals surface area contributed by atoms with Gasteiger partial charge in [0.1, 0.15) is 0 Å². The highest BCUT2D eigenvalue weighted by Gasteiger charge is 2.16. The number of rotatable bonds is 24. The minimum Gasteiger partial charge on any atom is -0.465 e. The van der Waals surface area contributed by atoms with Crippen molar-refractivity contribution in [3.63, 3.8) is 0 Å². The molecule has 0 aromatic heterocycles. The Morgan fingerprint density at radius 1 is 0.548 bits per heavy atom. The van der Waals surface area contributed by atoms with Gasteiger partial charge in [-0.3, -0.25) is 4.79 Å². The Kier molecular flexibility index (Phi) is 23.7. The van der Waals surface area contributed by atoms with E-state index in [9.17, 15) is 4.79 Å². The van der Waals surface area contributed by atoms with Gasteiger partial charge in [-0.05, 0) is 25.2 Å². The first-order valence-electron chi connectivity index (χ1n) is 14.3. The van der Waals surface area contributed by atoms with Crippen molar-refractivity contribution in [1.82, 2.24) is 0 Å². The van der Waals surface area contributed by atoms with Crippen molar-refractivity contribution in [1.29, 1.82) is 0 Å². The molecule has 0 aliphatic heterocycles. The zero-order valence-corrected chi connectivity index (χ0v) is 22.0. The molecule has 2 atom stereocenters. The molecule has 0 bridgehead atoms. The van der Waals surface area contributed by atoms with E-state index in [1.165, 1.54) is 122 Å². The van der Waals surface area contributed by atoms with Gasteiger partial charge in [0.2, 0.25) is 0 Å². The van der Waals surface area contributed by atoms with E-state index in [0.29, 0.717) is 12.5 Å². The maximum Gasteiger partial charge on any atom is 0.308 e. The molecule has 0 N–H and O–H groups in total. The third-order valence-corrected chi connectivity index (χ3v) is 6.77. The molecule has 0 radical (unpaired) electrons. The van der Waals surface area contributed by atoms with E-state index in [4.69, 9.17) is 4.74 Å². The van der Waals surface area contributed by atoms with Gasteiger partial charge >= 0.3 is 5.97 Å². The highest BCUT2D eigenvalue weighted by atomic mass is 16.5. The Morgan fingerprint density at radius 2 is 0.935 bits per heavy atom. The lowest BCUT2D eigenvalue weighted by molar-refractivity contribution is -0.149. The summed E-state index contributed by atoms with van der Waals surface area (Å²) in [4.78, 5) is 12.2. The lowest BCUT2D eigenvalue weighted by Crippen LogP contribution is -2.19. The molecule has 2 heteroatoms. The van der Waals surface area contributed by atoms with Crippen LogP contribution in [-0.2, 0) is 9.53 Å². The largest absolute Gasteiger partial charge is 0.465 e. The summed E-state index contributed by atoms with van der Waals surface area (Å²) in [5.41, 5.74) is 0. The van der Waals surface area contributed by atoms with Gasteiger partial charge in [-0.15, -0.1) is 0 Å². The van der Waals surface area contributed by atoms with Gasteiger partial charge in [0.05, 0.1) is 12.5 Å². The van der Waals surface area contributed by atoms with Gasteiger partial charge < -0.3 is 4.74 Å². The summed E-state index contributed by atoms with van der Waals surface area (Å²) in [6, 6.07) is 0. The maximum absolute atomic E-state index is 12.2. The second-order valence-corrected chi connectivity index (χ2v) is 10.1. The minimum atomic E-state index is 0.0227. The third-order valence-electron chi connectivity index (χ3n) is 6.77. The second-order valence-electron chi connectivity index (χ2n) is 10.1. The molecule has 0 aliphatic carbocycles. The Hall–Kier alpha value is -0.530. The summed E-state index contributed by atoms with van der Waals surface area (Å²) in [5, 5.41) is 0. The number of hydrogen-bond donors (Lipinski definition) is 0. The predicted octanol–water partition coefficient (Wildman–Crippen LogP) is 10.0. The number of hydrogen-bond acceptors (Lipinski definition) is 2. The Morgan fingerprint density at radius 3 is 1.32 bits per heavy atom. The summed E-state index contributed by atoms with van der Waals surface area (Å²) in [7, 11) is 0. The number of carbonyl (C=O) groups is 1. The van der Waals surface area contributed by atoms with Crippen LogP contribution in [0.1, 0.15) is 163 Å². The monoisotopic (exact) mass is 438 g/mol. The van der Waals surface area contributed by atoms with E-state index in [-0.39, 0.29) is 11.9 Å². The van der Waals surface area contributed by atoms with E-state index < -0.39 is 0 Å². The van der Waals surface area contributed by atoms with Crippen molar-refractivity contribution in [2.75, 3.05) is 6.61 Å². The van der Waals surface area contributed by atoms with Crippen LogP contribution in [0.3, 0.4) is 0 Å². The van der Waals surface area contributed by atoms with E-state index in [2.05, 4.69) is 20.8 Å². The van der Waals surface area contributed by atoms with Crippen LogP contribution in [0.5, 0.6) is 0 Å². The lowest BCUT2D eigenvalue weighted by atomic mass is 9.94. The van der Waals surface area contributed by atoms with Crippen molar-refractivity contribution < 1.29 is 9.53 Å². The van der Waals surface area contributed by atoms with E-state index in [1.54, 1.807) is 0 Å². The SMILES string of the molecule is CCCCCCCCCCCCC(CCCCCCCCC)COC(=O)C(C)CCC. The van der Waals surface area contributed by atoms with Crippen LogP contribution in [0.25, 0.3) is 0 Å². The molecule has 0 saturated carbocycles. The third kappa shape index (κ3) is 21.1. The summed E-state index contributed by atoms with van der Waals surface area (Å²) in [5.74, 6) is 0.651. The fourth-order valence-corrected chi connectivity index (χ4v) is 4.51. The standard InChI is InChI=1S/C29H58O2/c1-5-8-10-12-14-15-16-18-20-22-25-28(24-21-19-17-13-11-9-6-2)26-31-29(30)27(4)23-7-3/h27-28H,5-26H2,1-4H3. The molecule has 0 spiro atoms. The minimum absolute atomic E-state index is 0.0227. The van der Waals surface area contributed by atoms with E-state index in [1.807, 2.05) is 6.92 Å². The Bertz CT molecular complexity index is 366. The van der Waals surface area contributed by atoms with Crippen molar-refractivity contribution in [3.05, 3.63) is 0 Å². The van der Waals surface area contributed by atoms with Crippen LogP contribution in [0.4, 0.5) is 0 Å². The first-order valence-corrected chi connectivity index (χ1v) is 14.3. The Balaban J connectivity index is 4.01. The smallest absolute Gasteiger partial charge is 0.308 e. The van der Waals surface area contributed by atoms with E-state index >= 15 is 0 Å². The maximum atomic E-state index is 12.2. The highest BCUT2D eigenvalue weighted by molar-refractivity contribution is 5.71. The molecule has 186 valence electrons. The summed E-state index contributed by atoms with van der Waals surface area (Å²) in [6.07, 6.45) is 27.8. The zero-order chi connectivity index (χ0) is 23.0. The van der Waals surface area contributed by atoms with Gasteiger partial charge in [-0.2, -0.15) is 0 Å². The van der Waals surface area contributed by atoms with Gasteiger partial charge in [0.25, 0.3) is 0 Å². The van der Waals surface area contributed by atoms with Crippen LogP contribution >= 0.6 is 0 Å². The van der Waals surface area contributed by atoms with Crippen LogP contribution in [-0.4, -0.2) is 12.6 Å². The molecule has 0 aromatic carbocycles. The van der Waals surface area contributed by atoms with Gasteiger partial charge in [-0.1, -0.05) is 143 Å². The van der Waals surface area contributed by atoms with E-state index in [0.717, 1.165) is 12.8 Å². The molecule has 0 rings (SSSR count). The first-order chi connectivity index (χ1) is 15.2. The van der Waals surface area contributed by atoms with Crippen molar-refractivity contribution >= 4 is 5.97 Å². The average Bonchev–Trinajstić information content (AvgIpc) is 2.77. The van der Waals surface area contributed by atoms with Gasteiger partial charge in [0.15, 0.2) is 0 Å². The molecule has 0 amide bonds. The van der Waals surface area contributed by atoms with Crippen LogP contribution in [0, 0.1) is 11.8 Å². The quantitative estimate of drug-likeness (QED) is 0.111. The van der Waals surface area contributed by atoms with Crippen LogP contribution in [0.2, 0.25) is 0 Å². The lowest BCUT2D eigenvalue weighted by Gasteiger charge is -2.19. The molecule has 0 aliphatic rings. The molecule has 0 aromatic rings. The normalized spacial score (nSPS) is 13.3. The molecule has 0 heterocycles. The van der Waals surface area contributed by atoms with Gasteiger partial charge in [0, 0.05) is 0 Å². The fraction of sp³-hybridized carbons (Fsp3) is 0.966. The van der Waals surface area contributed by atoms with Crippen LogP contribution in [0.15, 0.2) is 0 Å². The average molecular weight is 439 g/mol. The molecule has 0 saturated heterocycles. The molecular formula is C29H58O2. The summed E-state index contributed by atoms with van der Waals surface area (Å²) in [6.45, 7) is 9.37. The van der Waals surface area contributed by atoms with Gasteiger partial charge in [-0.25, -0.2) is 0 Å². The highest BCUT2D eigenvalue weighted by Crippen LogP contribution is 2.21. The molecular weight excluding hydrogens is 380 g/mol. The van der Waals surface area contributed by atoms with Crippen molar-refractivity contribution in [3.8, 4) is 0 Å². The summed E-state index contributed by atoms with van der Waals surface area (Å²) < 4.78 is 5.73. The molecule has 0 fully saturated rings. The van der Waals surface area contributed by atoms with Crippen LogP contribution < -0.4 is 0 Å². The number of esters is 1. The number of ether oxygens (including phenoxy) is 1. The number of carbonyl (C=O) groups excluding carboxylic acids is 1. The molecule has 31 heavy (non-hydrogen) atoms. The van der Waals surface area contributed by atoms with Crippen molar-refractivity contribution in [2.45, 2.75) is 163 Å². The molecule has 2 unspecified atom stereocenters. The first kappa shape index (κ1) is 30.5. The topological polar surface area (TPSA) is 26.3 Å². The predicted molar refractivity (Wildman–Crippen MR) is 138 cm³/mol. The van der Waals surface area contributed by atoms with Crippen molar-refractivity contribution in [2.24, 2.45) is 11.8 Å². The Labute approximate surface area is 196 Å². The molecule has 2 nitrogen and oxygen atoms in total. The number of unbranched alkanes of at least 4 members (excludes halogenated alkanes) is 15. The summed E-state index contributed by atoms with van der Waals surface area (Å²) >= 11 is 0. The fourth-order valence-electron chi connectivity index (χ4n) is 4.51.